The molecule has 0 saturated heterocycles. The van der Waals surface area contributed by atoms with Gasteiger partial charge in [0.15, 0.2) is 0 Å². The van der Waals surface area contributed by atoms with Gasteiger partial charge in [-0.05, 0) is 70.3 Å². The lowest BCUT2D eigenvalue weighted by molar-refractivity contribution is -0.132. The SMILES string of the molecule is N#C/C(=C\C=C\c1ccc(N(c2ccc(-c3ccccc3)cc2)c2ccc(-c3ccccc3)cc2)cc1)C(=O)O. The third-order valence-corrected chi connectivity index (χ3v) is 6.52. The van der Waals surface area contributed by atoms with Crippen LogP contribution >= 0.6 is 0 Å². The van der Waals surface area contributed by atoms with E-state index in [2.05, 4.69) is 77.7 Å². The van der Waals surface area contributed by atoms with Gasteiger partial charge in [-0.25, -0.2) is 4.79 Å². The van der Waals surface area contributed by atoms with E-state index in [9.17, 15) is 4.79 Å². The van der Waals surface area contributed by atoms with E-state index in [1.807, 2.05) is 60.7 Å². The predicted octanol–water partition coefficient (Wildman–Crippen LogP) is 9.04. The van der Waals surface area contributed by atoms with E-state index in [0.717, 1.165) is 33.8 Å². The number of rotatable bonds is 8. The Morgan fingerprint density at radius 2 is 1.00 bits per heavy atom. The van der Waals surface area contributed by atoms with Gasteiger partial charge in [0.05, 0.1) is 0 Å². The van der Waals surface area contributed by atoms with Gasteiger partial charge in [-0.1, -0.05) is 109 Å². The van der Waals surface area contributed by atoms with Crippen LogP contribution in [-0.4, -0.2) is 11.1 Å². The Morgan fingerprint density at radius 1 is 0.600 bits per heavy atom. The van der Waals surface area contributed by atoms with Crippen LogP contribution in [-0.2, 0) is 4.79 Å². The van der Waals surface area contributed by atoms with Crippen molar-refractivity contribution in [2.45, 2.75) is 0 Å². The highest BCUT2D eigenvalue weighted by atomic mass is 16.4. The Morgan fingerprint density at radius 3 is 1.40 bits per heavy atom. The van der Waals surface area contributed by atoms with Gasteiger partial charge in [-0.3, -0.25) is 0 Å². The monoisotopic (exact) mass is 518 g/mol. The standard InChI is InChI=1S/C36H26N2O2/c37-26-32(36(39)40)13-7-8-27-14-20-33(21-15-27)38(34-22-16-30(17-23-34)28-9-3-1-4-10-28)35-24-18-31(19-25-35)29-11-5-2-6-12-29/h1-25H,(H,39,40)/b8-7+,32-13+. The van der Waals surface area contributed by atoms with Gasteiger partial charge in [-0.15, -0.1) is 0 Å². The molecule has 1 N–H and O–H groups in total. The van der Waals surface area contributed by atoms with E-state index in [0.29, 0.717) is 0 Å². The van der Waals surface area contributed by atoms with Gasteiger partial charge in [-0.2, -0.15) is 5.26 Å². The summed E-state index contributed by atoms with van der Waals surface area (Å²) in [5, 5.41) is 18.0. The van der Waals surface area contributed by atoms with Gasteiger partial charge in [0, 0.05) is 17.1 Å². The van der Waals surface area contributed by atoms with Gasteiger partial charge in [0.2, 0.25) is 0 Å². The first-order chi connectivity index (χ1) is 19.6. The molecule has 0 heterocycles. The molecule has 0 saturated carbocycles. The number of benzene rings is 5. The van der Waals surface area contributed by atoms with E-state index >= 15 is 0 Å². The van der Waals surface area contributed by atoms with Crippen molar-refractivity contribution in [1.82, 2.24) is 0 Å². The molecular weight excluding hydrogens is 492 g/mol. The Balaban J connectivity index is 1.48. The molecule has 4 heteroatoms. The van der Waals surface area contributed by atoms with Crippen molar-refractivity contribution in [3.05, 3.63) is 157 Å². The largest absolute Gasteiger partial charge is 0.477 e. The normalized spacial score (nSPS) is 11.2. The highest BCUT2D eigenvalue weighted by Gasteiger charge is 2.13. The molecule has 4 nitrogen and oxygen atoms in total. The molecule has 5 rings (SSSR count). The molecule has 40 heavy (non-hydrogen) atoms. The van der Waals surface area contributed by atoms with Crippen LogP contribution < -0.4 is 4.90 Å². The van der Waals surface area contributed by atoms with Crippen LogP contribution in [0.15, 0.2) is 151 Å². The third kappa shape index (κ3) is 6.07. The molecule has 0 fully saturated rings. The number of carboxylic acids is 1. The van der Waals surface area contributed by atoms with Crippen molar-refractivity contribution in [3.63, 3.8) is 0 Å². The van der Waals surface area contributed by atoms with E-state index in [1.54, 1.807) is 18.2 Å². The number of carbonyl (C=O) groups is 1. The fraction of sp³-hybridized carbons (Fsp3) is 0. The molecule has 0 aliphatic rings. The lowest BCUT2D eigenvalue weighted by Gasteiger charge is -2.26. The van der Waals surface area contributed by atoms with Crippen molar-refractivity contribution >= 4 is 29.1 Å². The topological polar surface area (TPSA) is 64.3 Å². The number of anilines is 3. The lowest BCUT2D eigenvalue weighted by atomic mass is 10.0. The summed E-state index contributed by atoms with van der Waals surface area (Å²) < 4.78 is 0. The molecule has 5 aromatic carbocycles. The van der Waals surface area contributed by atoms with Gasteiger partial charge < -0.3 is 10.0 Å². The van der Waals surface area contributed by atoms with Crippen LogP contribution in [0.5, 0.6) is 0 Å². The van der Waals surface area contributed by atoms with Crippen molar-refractivity contribution in [1.29, 1.82) is 5.26 Å². The van der Waals surface area contributed by atoms with Crippen molar-refractivity contribution < 1.29 is 9.90 Å². The van der Waals surface area contributed by atoms with Crippen LogP contribution in [0.25, 0.3) is 28.3 Å². The molecule has 0 amide bonds. The Kier molecular flexibility index (Phi) is 7.96. The van der Waals surface area contributed by atoms with Gasteiger partial charge in [0.25, 0.3) is 0 Å². The molecule has 0 spiro atoms. The summed E-state index contributed by atoms with van der Waals surface area (Å²) in [6.07, 6.45) is 4.65. The first kappa shape index (κ1) is 26.0. The van der Waals surface area contributed by atoms with Gasteiger partial charge in [0.1, 0.15) is 11.6 Å². The number of hydrogen-bond donors (Lipinski definition) is 1. The second kappa shape index (κ2) is 12.3. The number of aliphatic carboxylic acids is 1. The van der Waals surface area contributed by atoms with Crippen molar-refractivity contribution in [2.75, 3.05) is 4.90 Å². The number of hydrogen-bond acceptors (Lipinski definition) is 3. The number of nitrogens with zero attached hydrogens (tertiary/aromatic N) is 2. The maximum absolute atomic E-state index is 11.0. The van der Waals surface area contributed by atoms with Crippen LogP contribution in [0.2, 0.25) is 0 Å². The molecule has 192 valence electrons. The third-order valence-electron chi connectivity index (χ3n) is 6.52. The summed E-state index contributed by atoms with van der Waals surface area (Å²) in [6, 6.07) is 47.3. The van der Waals surface area contributed by atoms with Crippen LogP contribution in [0, 0.1) is 11.3 Å². The zero-order chi connectivity index (χ0) is 27.7. The average molecular weight is 519 g/mol. The van der Waals surface area contributed by atoms with Crippen LogP contribution in [0.1, 0.15) is 5.56 Å². The number of nitriles is 1. The maximum atomic E-state index is 11.0. The van der Waals surface area contributed by atoms with Crippen molar-refractivity contribution in [2.24, 2.45) is 0 Å². The van der Waals surface area contributed by atoms with Crippen molar-refractivity contribution in [3.8, 4) is 28.3 Å². The summed E-state index contributed by atoms with van der Waals surface area (Å²) in [4.78, 5) is 13.2. The highest BCUT2D eigenvalue weighted by Crippen LogP contribution is 2.36. The first-order valence-corrected chi connectivity index (χ1v) is 12.9. The van der Waals surface area contributed by atoms with E-state index in [-0.39, 0.29) is 5.57 Å². The summed E-state index contributed by atoms with van der Waals surface area (Å²) in [7, 11) is 0. The van der Waals surface area contributed by atoms with E-state index < -0.39 is 5.97 Å². The van der Waals surface area contributed by atoms with Crippen LogP contribution in [0.3, 0.4) is 0 Å². The second-order valence-electron chi connectivity index (χ2n) is 9.11. The second-order valence-corrected chi connectivity index (χ2v) is 9.11. The molecule has 0 radical (unpaired) electrons. The molecule has 0 bridgehead atoms. The first-order valence-electron chi connectivity index (χ1n) is 12.9. The number of carboxylic acid groups (broad SMARTS) is 1. The Labute approximate surface area is 234 Å². The van der Waals surface area contributed by atoms with Gasteiger partial charge >= 0.3 is 5.97 Å². The van der Waals surface area contributed by atoms with E-state index in [1.165, 1.54) is 17.2 Å². The summed E-state index contributed by atoms with van der Waals surface area (Å²) in [5.74, 6) is -1.24. The lowest BCUT2D eigenvalue weighted by Crippen LogP contribution is -2.09. The zero-order valence-electron chi connectivity index (χ0n) is 21.7. The molecule has 0 aliphatic carbocycles. The maximum Gasteiger partial charge on any atom is 0.346 e. The Hall–Kier alpha value is -5.66. The summed E-state index contributed by atoms with van der Waals surface area (Å²) in [6.45, 7) is 0. The molecule has 0 aromatic heterocycles. The smallest absolute Gasteiger partial charge is 0.346 e. The number of allylic oxidation sites excluding steroid dienone is 2. The fourth-order valence-electron chi connectivity index (χ4n) is 4.46. The Bertz CT molecular complexity index is 1600. The average Bonchev–Trinajstić information content (AvgIpc) is 3.01. The minimum atomic E-state index is -1.24. The predicted molar refractivity (Wildman–Crippen MR) is 162 cm³/mol. The highest BCUT2D eigenvalue weighted by molar-refractivity contribution is 5.91. The molecule has 0 atom stereocenters. The van der Waals surface area contributed by atoms with Crippen LogP contribution in [0.4, 0.5) is 17.1 Å². The summed E-state index contributed by atoms with van der Waals surface area (Å²) >= 11 is 0. The quantitative estimate of drug-likeness (QED) is 0.126. The fourth-order valence-corrected chi connectivity index (χ4v) is 4.46. The summed E-state index contributed by atoms with van der Waals surface area (Å²) in [5.41, 5.74) is 8.25. The molecule has 5 aromatic rings. The molecule has 0 unspecified atom stereocenters. The van der Waals surface area contributed by atoms with E-state index in [4.69, 9.17) is 10.4 Å². The minimum absolute atomic E-state index is 0.308. The molecule has 0 aliphatic heterocycles. The zero-order valence-corrected chi connectivity index (χ0v) is 21.7. The molecular formula is C36H26N2O2. The minimum Gasteiger partial charge on any atom is -0.477 e.